The van der Waals surface area contributed by atoms with E-state index in [1.807, 2.05) is 14.1 Å². The molecular weight excluding hydrogens is 270 g/mol. The first-order chi connectivity index (χ1) is 10.0. The molecule has 1 aromatic carbocycles. The third kappa shape index (κ3) is 3.38. The van der Waals surface area contributed by atoms with Crippen molar-refractivity contribution >= 4 is 16.8 Å². The van der Waals surface area contributed by atoms with Crippen LogP contribution in [0.25, 0.3) is 10.9 Å². The van der Waals surface area contributed by atoms with Gasteiger partial charge in [-0.2, -0.15) is 0 Å². The number of aromatic nitrogens is 2. The molecule has 0 spiro atoms. The van der Waals surface area contributed by atoms with Crippen molar-refractivity contribution in [3.8, 4) is 0 Å². The van der Waals surface area contributed by atoms with Crippen molar-refractivity contribution in [1.82, 2.24) is 15.0 Å². The monoisotopic (exact) mass is 290 g/mol. The number of hydrogen-bond acceptors (Lipinski definition) is 4. The van der Waals surface area contributed by atoms with Crippen molar-refractivity contribution in [3.63, 3.8) is 0 Å². The number of fused-ring (bicyclic) bond motifs is 1. The first-order valence-corrected chi connectivity index (χ1v) is 6.85. The van der Waals surface area contributed by atoms with Crippen LogP contribution in [0.3, 0.4) is 0 Å². The molecule has 21 heavy (non-hydrogen) atoms. The van der Waals surface area contributed by atoms with E-state index >= 15 is 0 Å². The zero-order valence-electron chi connectivity index (χ0n) is 12.2. The standard InChI is InChI=1S/C14H19N5O2/c1-18(2)9-5-8-16-13(20)12-17-11-7-4-3-6-10(11)14(21)19(12)15/h3-4,6-7H,5,8-9,15H2,1-2H3,(H,16,20)/p+1. The minimum absolute atomic E-state index is 0.0732. The van der Waals surface area contributed by atoms with Gasteiger partial charge in [-0.1, -0.05) is 12.1 Å². The highest BCUT2D eigenvalue weighted by Crippen LogP contribution is 2.06. The van der Waals surface area contributed by atoms with Crippen LogP contribution in [0, 0.1) is 0 Å². The van der Waals surface area contributed by atoms with E-state index in [4.69, 9.17) is 5.84 Å². The summed E-state index contributed by atoms with van der Waals surface area (Å²) in [6, 6.07) is 6.81. The Labute approximate surface area is 122 Å². The average molecular weight is 290 g/mol. The highest BCUT2D eigenvalue weighted by atomic mass is 16.2. The fraction of sp³-hybridized carbons (Fsp3) is 0.357. The van der Waals surface area contributed by atoms with Crippen molar-refractivity contribution in [3.05, 3.63) is 40.4 Å². The summed E-state index contributed by atoms with van der Waals surface area (Å²) in [6.45, 7) is 1.47. The zero-order valence-corrected chi connectivity index (χ0v) is 12.2. The fourth-order valence-electron chi connectivity index (χ4n) is 2.03. The molecule has 7 nitrogen and oxygen atoms in total. The molecule has 0 radical (unpaired) electrons. The number of benzene rings is 1. The van der Waals surface area contributed by atoms with Crippen molar-refractivity contribution in [2.75, 3.05) is 33.0 Å². The summed E-state index contributed by atoms with van der Waals surface area (Å²) in [5.41, 5.74) is 0.0376. The Balaban J connectivity index is 2.20. The van der Waals surface area contributed by atoms with Crippen LogP contribution in [0.15, 0.2) is 29.1 Å². The van der Waals surface area contributed by atoms with Crippen LogP contribution >= 0.6 is 0 Å². The van der Waals surface area contributed by atoms with Crippen LogP contribution in [0.5, 0.6) is 0 Å². The Morgan fingerprint density at radius 3 is 2.81 bits per heavy atom. The molecule has 0 saturated heterocycles. The predicted molar refractivity (Wildman–Crippen MR) is 80.8 cm³/mol. The molecule has 0 bridgehead atoms. The lowest BCUT2D eigenvalue weighted by Crippen LogP contribution is -3.05. The maximum Gasteiger partial charge on any atom is 0.289 e. The Morgan fingerprint density at radius 2 is 2.10 bits per heavy atom. The highest BCUT2D eigenvalue weighted by molar-refractivity contribution is 5.92. The number of carbonyl (C=O) groups excluding carboxylic acids is 1. The lowest BCUT2D eigenvalue weighted by atomic mass is 10.2. The molecule has 0 aliphatic rings. The molecule has 1 aromatic heterocycles. The van der Waals surface area contributed by atoms with Crippen LogP contribution in [0.1, 0.15) is 17.0 Å². The molecule has 0 aliphatic carbocycles. The van der Waals surface area contributed by atoms with Crippen molar-refractivity contribution in [2.45, 2.75) is 6.42 Å². The summed E-state index contributed by atoms with van der Waals surface area (Å²) in [5, 5.41) is 3.13. The van der Waals surface area contributed by atoms with Gasteiger partial charge in [0.1, 0.15) is 0 Å². The molecule has 1 heterocycles. The van der Waals surface area contributed by atoms with E-state index in [0.29, 0.717) is 17.4 Å². The van der Waals surface area contributed by atoms with Gasteiger partial charge >= 0.3 is 0 Å². The van der Waals surface area contributed by atoms with Gasteiger partial charge in [-0.25, -0.2) is 9.66 Å². The highest BCUT2D eigenvalue weighted by Gasteiger charge is 2.15. The topological polar surface area (TPSA) is 94.5 Å². The molecule has 4 N–H and O–H groups in total. The van der Waals surface area contributed by atoms with E-state index in [0.717, 1.165) is 17.6 Å². The van der Waals surface area contributed by atoms with Crippen LogP contribution in [0.4, 0.5) is 0 Å². The Morgan fingerprint density at radius 1 is 1.38 bits per heavy atom. The van der Waals surface area contributed by atoms with Crippen LogP contribution in [-0.4, -0.2) is 42.8 Å². The van der Waals surface area contributed by atoms with Crippen molar-refractivity contribution in [1.29, 1.82) is 0 Å². The molecule has 0 atom stereocenters. The molecule has 1 amide bonds. The van der Waals surface area contributed by atoms with Gasteiger partial charge < -0.3 is 16.1 Å². The fourth-order valence-corrected chi connectivity index (χ4v) is 2.03. The van der Waals surface area contributed by atoms with Gasteiger partial charge in [-0.05, 0) is 12.1 Å². The van der Waals surface area contributed by atoms with Gasteiger partial charge in [-0.15, -0.1) is 0 Å². The largest absolute Gasteiger partial charge is 0.349 e. The summed E-state index contributed by atoms with van der Waals surface area (Å²) in [7, 11) is 4.09. The zero-order chi connectivity index (χ0) is 15.4. The average Bonchev–Trinajstić information content (AvgIpc) is 2.47. The van der Waals surface area contributed by atoms with E-state index in [-0.39, 0.29) is 5.82 Å². The number of nitrogens with two attached hydrogens (primary N) is 1. The molecular formula is C14H20N5O2+. The maximum absolute atomic E-state index is 12.1. The third-order valence-electron chi connectivity index (χ3n) is 3.15. The van der Waals surface area contributed by atoms with Crippen LogP contribution in [-0.2, 0) is 0 Å². The number of nitrogens with zero attached hydrogens (tertiary/aromatic N) is 2. The first-order valence-electron chi connectivity index (χ1n) is 6.85. The molecule has 112 valence electrons. The quantitative estimate of drug-likeness (QED) is 0.455. The van der Waals surface area contributed by atoms with E-state index in [2.05, 4.69) is 10.3 Å². The number of nitrogens with one attached hydrogen (secondary N) is 2. The van der Waals surface area contributed by atoms with E-state index in [1.165, 1.54) is 4.90 Å². The summed E-state index contributed by atoms with van der Waals surface area (Å²) in [6.07, 6.45) is 0.844. The molecule has 2 aromatic rings. The minimum atomic E-state index is -0.436. The lowest BCUT2D eigenvalue weighted by Gasteiger charge is -2.10. The molecule has 0 unspecified atom stereocenters. The normalized spacial score (nSPS) is 11.0. The number of nitrogen functional groups attached to an aromatic ring is 1. The Kier molecular flexibility index (Phi) is 4.54. The number of quaternary nitrogens is 1. The SMILES string of the molecule is C[NH+](C)CCCNC(=O)c1nc2ccccc2c(=O)n1N. The van der Waals surface area contributed by atoms with E-state index in [1.54, 1.807) is 24.3 Å². The molecule has 0 fully saturated rings. The number of amides is 1. The van der Waals surface area contributed by atoms with Crippen molar-refractivity contribution < 1.29 is 9.69 Å². The number of carbonyl (C=O) groups is 1. The lowest BCUT2D eigenvalue weighted by molar-refractivity contribution is -0.858. The van der Waals surface area contributed by atoms with Gasteiger partial charge in [0, 0.05) is 13.0 Å². The van der Waals surface area contributed by atoms with Gasteiger partial charge in [0.2, 0.25) is 5.82 Å². The van der Waals surface area contributed by atoms with Gasteiger partial charge in [0.25, 0.3) is 11.5 Å². The second-order valence-electron chi connectivity index (χ2n) is 5.19. The van der Waals surface area contributed by atoms with E-state index in [9.17, 15) is 9.59 Å². The smallest absolute Gasteiger partial charge is 0.289 e. The molecule has 0 aliphatic heterocycles. The third-order valence-corrected chi connectivity index (χ3v) is 3.15. The van der Waals surface area contributed by atoms with Crippen LogP contribution < -0.4 is 21.6 Å². The second-order valence-corrected chi connectivity index (χ2v) is 5.19. The Bertz CT molecular complexity index is 708. The second kappa shape index (κ2) is 6.36. The molecule has 0 saturated carbocycles. The number of rotatable bonds is 5. The summed E-state index contributed by atoms with van der Waals surface area (Å²) >= 11 is 0. The van der Waals surface area contributed by atoms with Gasteiger partial charge in [0.15, 0.2) is 0 Å². The van der Waals surface area contributed by atoms with Crippen molar-refractivity contribution in [2.24, 2.45) is 0 Å². The van der Waals surface area contributed by atoms with E-state index < -0.39 is 11.5 Å². The maximum atomic E-state index is 12.1. The molecule has 7 heteroatoms. The minimum Gasteiger partial charge on any atom is -0.349 e. The van der Waals surface area contributed by atoms with Gasteiger partial charge in [-0.3, -0.25) is 9.59 Å². The predicted octanol–water partition coefficient (Wildman–Crippen LogP) is -1.63. The Hall–Kier alpha value is -2.41. The van der Waals surface area contributed by atoms with Gasteiger partial charge in [0.05, 0.1) is 31.5 Å². The number of hydrogen-bond donors (Lipinski definition) is 3. The summed E-state index contributed by atoms with van der Waals surface area (Å²) in [5.74, 6) is 5.17. The number of para-hydroxylation sites is 1. The van der Waals surface area contributed by atoms with Crippen LogP contribution in [0.2, 0.25) is 0 Å². The first kappa shape index (κ1) is 15.0. The molecule has 2 rings (SSSR count). The summed E-state index contributed by atoms with van der Waals surface area (Å²) in [4.78, 5) is 29.7. The summed E-state index contributed by atoms with van der Waals surface area (Å²) < 4.78 is 0.800.